The van der Waals surface area contributed by atoms with Gasteiger partial charge in [0.05, 0.1) is 18.2 Å². The molecule has 5 nitrogen and oxygen atoms in total. The van der Waals surface area contributed by atoms with Crippen molar-refractivity contribution in [2.75, 3.05) is 7.11 Å². The molecule has 0 atom stereocenters. The molecule has 1 aromatic heterocycles. The van der Waals surface area contributed by atoms with Crippen LogP contribution in [-0.4, -0.2) is 27.6 Å². The third kappa shape index (κ3) is 1.79. The van der Waals surface area contributed by atoms with Crippen LogP contribution in [0.2, 0.25) is 0 Å². The van der Waals surface area contributed by atoms with Crippen molar-refractivity contribution in [1.82, 2.24) is 15.4 Å². The minimum absolute atomic E-state index is 0.240. The molecule has 2 aromatic carbocycles. The van der Waals surface area contributed by atoms with Crippen LogP contribution in [0.3, 0.4) is 0 Å². The van der Waals surface area contributed by atoms with Gasteiger partial charge in [-0.1, -0.05) is 11.3 Å². The van der Waals surface area contributed by atoms with Crippen LogP contribution in [0.25, 0.3) is 22.2 Å². The number of aromatic hydroxyl groups is 1. The molecule has 0 unspecified atom stereocenters. The van der Waals surface area contributed by atoms with Gasteiger partial charge in [0.15, 0.2) is 0 Å². The molecule has 0 saturated heterocycles. The van der Waals surface area contributed by atoms with Crippen molar-refractivity contribution in [1.29, 1.82) is 0 Å². The lowest BCUT2D eigenvalue weighted by atomic mass is 9.97. The van der Waals surface area contributed by atoms with Gasteiger partial charge in [0.2, 0.25) is 0 Å². The maximum Gasteiger partial charge on any atom is 0.129 e. The number of rotatable bonds is 2. The van der Waals surface area contributed by atoms with Gasteiger partial charge in [-0.15, -0.1) is 5.10 Å². The van der Waals surface area contributed by atoms with Crippen molar-refractivity contribution in [3.8, 4) is 22.6 Å². The van der Waals surface area contributed by atoms with E-state index in [1.54, 1.807) is 7.11 Å². The molecule has 0 bridgehead atoms. The number of methoxy groups -OCH3 is 1. The Kier molecular flexibility index (Phi) is 2.82. The molecule has 20 heavy (non-hydrogen) atoms. The fraction of sp³-hybridized carbons (Fsp3) is 0.200. The van der Waals surface area contributed by atoms with Gasteiger partial charge in [0.25, 0.3) is 0 Å². The highest BCUT2D eigenvalue weighted by Gasteiger charge is 2.18. The maximum absolute atomic E-state index is 10.4. The summed E-state index contributed by atoms with van der Waals surface area (Å²) in [4.78, 5) is 0. The summed E-state index contributed by atoms with van der Waals surface area (Å²) in [6.07, 6.45) is 0. The Morgan fingerprint density at radius 3 is 2.75 bits per heavy atom. The Labute approximate surface area is 116 Å². The average molecular weight is 269 g/mol. The monoisotopic (exact) mass is 269 g/mol. The molecule has 102 valence electrons. The SMILES string of the molecule is COc1ccc2[nH]nnc2c1-c1cc(C)cc(C)c1O. The van der Waals surface area contributed by atoms with Crippen LogP contribution in [0.15, 0.2) is 24.3 Å². The lowest BCUT2D eigenvalue weighted by Gasteiger charge is -2.13. The zero-order valence-electron chi connectivity index (χ0n) is 11.6. The van der Waals surface area contributed by atoms with Crippen LogP contribution in [0.4, 0.5) is 0 Å². The number of aryl methyl sites for hydroxylation is 2. The Morgan fingerprint density at radius 1 is 1.20 bits per heavy atom. The normalized spacial score (nSPS) is 10.9. The van der Waals surface area contributed by atoms with Crippen LogP contribution in [0.1, 0.15) is 11.1 Å². The van der Waals surface area contributed by atoms with Gasteiger partial charge in [-0.05, 0) is 43.2 Å². The quantitative estimate of drug-likeness (QED) is 0.750. The van der Waals surface area contributed by atoms with E-state index in [2.05, 4.69) is 15.4 Å². The van der Waals surface area contributed by atoms with Crippen molar-refractivity contribution in [2.45, 2.75) is 13.8 Å². The Bertz CT molecular complexity index is 793. The number of aromatic amines is 1. The lowest BCUT2D eigenvalue weighted by molar-refractivity contribution is 0.416. The summed E-state index contributed by atoms with van der Waals surface area (Å²) in [6, 6.07) is 7.56. The number of phenols is 1. The van der Waals surface area contributed by atoms with Crippen molar-refractivity contribution in [3.63, 3.8) is 0 Å². The van der Waals surface area contributed by atoms with Gasteiger partial charge in [-0.25, -0.2) is 0 Å². The predicted molar refractivity (Wildman–Crippen MR) is 77.0 cm³/mol. The van der Waals surface area contributed by atoms with E-state index in [0.29, 0.717) is 16.8 Å². The van der Waals surface area contributed by atoms with Crippen LogP contribution in [-0.2, 0) is 0 Å². The number of benzene rings is 2. The number of nitrogens with one attached hydrogen (secondary N) is 1. The van der Waals surface area contributed by atoms with Gasteiger partial charge in [-0.3, -0.25) is 5.10 Å². The number of hydrogen-bond acceptors (Lipinski definition) is 4. The molecule has 0 fully saturated rings. The van der Waals surface area contributed by atoms with Crippen molar-refractivity contribution >= 4 is 11.0 Å². The topological polar surface area (TPSA) is 71.0 Å². The van der Waals surface area contributed by atoms with Crippen LogP contribution in [0, 0.1) is 13.8 Å². The number of nitrogens with zero attached hydrogens (tertiary/aromatic N) is 2. The minimum Gasteiger partial charge on any atom is -0.507 e. The molecule has 3 rings (SSSR count). The molecule has 0 spiro atoms. The second-order valence-electron chi connectivity index (χ2n) is 4.83. The second-order valence-corrected chi connectivity index (χ2v) is 4.83. The molecule has 1 heterocycles. The highest BCUT2D eigenvalue weighted by Crippen LogP contribution is 2.41. The van der Waals surface area contributed by atoms with E-state index in [0.717, 1.165) is 22.2 Å². The molecular formula is C15H15N3O2. The Hall–Kier alpha value is -2.56. The average Bonchev–Trinajstić information content (AvgIpc) is 2.90. The first-order valence-electron chi connectivity index (χ1n) is 6.30. The van der Waals surface area contributed by atoms with Crippen LogP contribution < -0.4 is 4.74 Å². The summed E-state index contributed by atoms with van der Waals surface area (Å²) in [5, 5.41) is 21.1. The van der Waals surface area contributed by atoms with E-state index in [9.17, 15) is 5.11 Å². The summed E-state index contributed by atoms with van der Waals surface area (Å²) in [7, 11) is 1.60. The van der Waals surface area contributed by atoms with Gasteiger partial charge >= 0.3 is 0 Å². The standard InChI is InChI=1S/C15H15N3O2/c1-8-6-9(2)15(19)10(7-8)13-12(20-3)5-4-11-14(13)17-18-16-11/h4-7,19H,1-3H3,(H,16,17,18). The largest absolute Gasteiger partial charge is 0.507 e. The third-order valence-corrected chi connectivity index (χ3v) is 3.39. The summed E-state index contributed by atoms with van der Waals surface area (Å²) in [5.41, 5.74) is 4.84. The van der Waals surface area contributed by atoms with Crippen LogP contribution in [0.5, 0.6) is 11.5 Å². The molecule has 5 heteroatoms. The molecule has 0 aliphatic rings. The Balaban J connectivity index is 2.42. The number of aromatic nitrogens is 3. The molecule has 0 radical (unpaired) electrons. The molecule has 0 saturated carbocycles. The summed E-state index contributed by atoms with van der Waals surface area (Å²) < 4.78 is 5.42. The number of hydrogen-bond donors (Lipinski definition) is 2. The summed E-state index contributed by atoms with van der Waals surface area (Å²) in [5.74, 6) is 0.899. The number of fused-ring (bicyclic) bond motifs is 1. The molecule has 0 aliphatic heterocycles. The number of H-pyrrole nitrogens is 1. The first-order chi connectivity index (χ1) is 9.61. The molecule has 3 aromatic rings. The van der Waals surface area contributed by atoms with Crippen LogP contribution >= 0.6 is 0 Å². The number of phenolic OH excluding ortho intramolecular Hbond substituents is 1. The Morgan fingerprint density at radius 2 is 2.00 bits per heavy atom. The zero-order chi connectivity index (χ0) is 14.3. The smallest absolute Gasteiger partial charge is 0.129 e. The fourth-order valence-corrected chi connectivity index (χ4v) is 2.48. The fourth-order valence-electron chi connectivity index (χ4n) is 2.48. The summed E-state index contributed by atoms with van der Waals surface area (Å²) in [6.45, 7) is 3.87. The van der Waals surface area contributed by atoms with E-state index >= 15 is 0 Å². The minimum atomic E-state index is 0.240. The third-order valence-electron chi connectivity index (χ3n) is 3.39. The lowest BCUT2D eigenvalue weighted by Crippen LogP contribution is -1.92. The van der Waals surface area contributed by atoms with Crippen molar-refractivity contribution in [2.24, 2.45) is 0 Å². The van der Waals surface area contributed by atoms with Gasteiger partial charge in [0, 0.05) is 5.56 Å². The van der Waals surface area contributed by atoms with Crippen molar-refractivity contribution in [3.05, 3.63) is 35.4 Å². The van der Waals surface area contributed by atoms with E-state index < -0.39 is 0 Å². The van der Waals surface area contributed by atoms with Gasteiger partial charge < -0.3 is 9.84 Å². The van der Waals surface area contributed by atoms with Gasteiger partial charge in [0.1, 0.15) is 17.0 Å². The molecular weight excluding hydrogens is 254 g/mol. The zero-order valence-corrected chi connectivity index (χ0v) is 11.6. The first kappa shape index (κ1) is 12.5. The van der Waals surface area contributed by atoms with E-state index in [1.807, 2.05) is 38.1 Å². The highest BCUT2D eigenvalue weighted by molar-refractivity contribution is 5.97. The van der Waals surface area contributed by atoms with E-state index in [1.165, 1.54) is 0 Å². The maximum atomic E-state index is 10.4. The van der Waals surface area contributed by atoms with E-state index in [4.69, 9.17) is 4.74 Å². The molecule has 0 aliphatic carbocycles. The van der Waals surface area contributed by atoms with Gasteiger partial charge in [-0.2, -0.15) is 0 Å². The number of ether oxygens (including phenoxy) is 1. The molecule has 0 amide bonds. The predicted octanol–water partition coefficient (Wildman–Crippen LogP) is 2.96. The highest BCUT2D eigenvalue weighted by atomic mass is 16.5. The van der Waals surface area contributed by atoms with E-state index in [-0.39, 0.29) is 5.75 Å². The first-order valence-corrected chi connectivity index (χ1v) is 6.30. The molecule has 2 N–H and O–H groups in total. The summed E-state index contributed by atoms with van der Waals surface area (Å²) >= 11 is 0. The van der Waals surface area contributed by atoms with Crippen molar-refractivity contribution < 1.29 is 9.84 Å². The second kappa shape index (κ2) is 4.52.